The van der Waals surface area contributed by atoms with E-state index in [4.69, 9.17) is 0 Å². The summed E-state index contributed by atoms with van der Waals surface area (Å²) in [7, 11) is -1.14. The number of hydrogen-bond donors (Lipinski definition) is 1. The lowest BCUT2D eigenvalue weighted by Gasteiger charge is -2.09. The molecular weight excluding hydrogens is 302 g/mol. The molecule has 1 aliphatic rings. The van der Waals surface area contributed by atoms with Crippen molar-refractivity contribution in [1.29, 1.82) is 0 Å². The van der Waals surface area contributed by atoms with Crippen LogP contribution in [0.4, 0.5) is 0 Å². The average Bonchev–Trinajstić information content (AvgIpc) is 2.51. The van der Waals surface area contributed by atoms with Gasteiger partial charge in [0, 0.05) is 4.47 Å². The summed E-state index contributed by atoms with van der Waals surface area (Å²) < 4.78 is 24.9. The van der Waals surface area contributed by atoms with Gasteiger partial charge in [0.2, 0.25) is 0 Å². The minimum absolute atomic E-state index is 0.154. The van der Waals surface area contributed by atoms with Gasteiger partial charge in [-0.2, -0.15) is 0 Å². The molecule has 0 fully saturated rings. The van der Waals surface area contributed by atoms with E-state index in [1.54, 1.807) is 12.1 Å². The van der Waals surface area contributed by atoms with Gasteiger partial charge in [0.25, 0.3) is 0 Å². The third-order valence-corrected chi connectivity index (χ3v) is 5.52. The summed E-state index contributed by atoms with van der Waals surface area (Å²) in [6.45, 7) is 0.930. The molecule has 0 saturated carbocycles. The van der Waals surface area contributed by atoms with Crippen molar-refractivity contribution < 1.29 is 8.42 Å². The van der Waals surface area contributed by atoms with Gasteiger partial charge in [-0.05, 0) is 56.1 Å². The van der Waals surface area contributed by atoms with E-state index in [0.717, 1.165) is 29.4 Å². The van der Waals surface area contributed by atoms with Gasteiger partial charge < -0.3 is 5.32 Å². The Bertz CT molecular complexity index is 513. The maximum Gasteiger partial charge on any atom is 0.179 e. The zero-order valence-corrected chi connectivity index (χ0v) is 12.1. The Kier molecular flexibility index (Phi) is 3.90. The van der Waals surface area contributed by atoms with Crippen LogP contribution >= 0.6 is 15.9 Å². The van der Waals surface area contributed by atoms with Gasteiger partial charge in [-0.15, -0.1) is 0 Å². The first-order valence-corrected chi connectivity index (χ1v) is 8.16. The topological polar surface area (TPSA) is 46.2 Å². The standard InChI is InChI=1S/C12H16BrNO2S/c1-14-6-2-3-9-8-17(15,16)12-5-4-10(13)7-11(9)12/h4-5,7,9,14H,2-3,6,8H2,1H3. The molecular formula is C12H16BrNO2S. The van der Waals surface area contributed by atoms with Crippen molar-refractivity contribution in [3.05, 3.63) is 28.2 Å². The van der Waals surface area contributed by atoms with Gasteiger partial charge in [-0.1, -0.05) is 15.9 Å². The van der Waals surface area contributed by atoms with Gasteiger partial charge in [-0.25, -0.2) is 8.42 Å². The van der Waals surface area contributed by atoms with E-state index in [1.807, 2.05) is 13.1 Å². The van der Waals surface area contributed by atoms with E-state index in [-0.39, 0.29) is 11.7 Å². The van der Waals surface area contributed by atoms with Gasteiger partial charge in [0.05, 0.1) is 10.6 Å². The summed E-state index contributed by atoms with van der Waals surface area (Å²) in [6.07, 6.45) is 1.92. The Hall–Kier alpha value is -0.390. The van der Waals surface area contributed by atoms with Crippen LogP contribution < -0.4 is 5.32 Å². The van der Waals surface area contributed by atoms with Crippen molar-refractivity contribution in [2.24, 2.45) is 0 Å². The molecule has 1 N–H and O–H groups in total. The van der Waals surface area contributed by atoms with Crippen LogP contribution in [-0.4, -0.2) is 27.8 Å². The van der Waals surface area contributed by atoms with Crippen LogP contribution in [0.2, 0.25) is 0 Å². The van der Waals surface area contributed by atoms with Crippen molar-refractivity contribution in [3.8, 4) is 0 Å². The number of rotatable bonds is 4. The molecule has 3 nitrogen and oxygen atoms in total. The molecule has 0 amide bonds. The van der Waals surface area contributed by atoms with Crippen LogP contribution in [0.25, 0.3) is 0 Å². The van der Waals surface area contributed by atoms with Gasteiger partial charge in [0.1, 0.15) is 0 Å². The Balaban J connectivity index is 2.26. The largest absolute Gasteiger partial charge is 0.320 e. The summed E-state index contributed by atoms with van der Waals surface area (Å²) in [4.78, 5) is 0.523. The summed E-state index contributed by atoms with van der Waals surface area (Å²) >= 11 is 3.40. The van der Waals surface area contributed by atoms with Crippen LogP contribution in [0.3, 0.4) is 0 Å². The van der Waals surface area contributed by atoms with Crippen molar-refractivity contribution >= 4 is 25.8 Å². The molecule has 0 bridgehead atoms. The quantitative estimate of drug-likeness (QED) is 0.867. The molecule has 0 spiro atoms. The molecule has 5 heteroatoms. The Morgan fingerprint density at radius 3 is 2.94 bits per heavy atom. The molecule has 2 rings (SSSR count). The molecule has 1 aliphatic heterocycles. The second-order valence-corrected chi connectivity index (χ2v) is 7.32. The highest BCUT2D eigenvalue weighted by Crippen LogP contribution is 2.38. The predicted octanol–water partition coefficient (Wildman–Crippen LogP) is 2.32. The zero-order chi connectivity index (χ0) is 12.5. The van der Waals surface area contributed by atoms with Gasteiger partial charge >= 0.3 is 0 Å². The summed E-state index contributed by atoms with van der Waals surface area (Å²) in [5.41, 5.74) is 0.982. The second kappa shape index (κ2) is 5.08. The van der Waals surface area contributed by atoms with Crippen LogP contribution in [0.5, 0.6) is 0 Å². The molecule has 17 heavy (non-hydrogen) atoms. The maximum atomic E-state index is 12.0. The highest BCUT2D eigenvalue weighted by atomic mass is 79.9. The first-order chi connectivity index (χ1) is 8.04. The van der Waals surface area contributed by atoms with E-state index in [1.165, 1.54) is 0 Å². The fraction of sp³-hybridized carbons (Fsp3) is 0.500. The number of hydrogen-bond acceptors (Lipinski definition) is 3. The Labute approximate surface area is 111 Å². The summed E-state index contributed by atoms with van der Waals surface area (Å²) in [5.74, 6) is 0.420. The predicted molar refractivity (Wildman–Crippen MR) is 72.1 cm³/mol. The lowest BCUT2D eigenvalue weighted by Crippen LogP contribution is -2.10. The molecule has 1 aromatic carbocycles. The maximum absolute atomic E-state index is 12.0. The first-order valence-electron chi connectivity index (χ1n) is 5.71. The SMILES string of the molecule is CNCCCC1CS(=O)(=O)c2ccc(Br)cc21. The Morgan fingerprint density at radius 2 is 2.24 bits per heavy atom. The van der Waals surface area contributed by atoms with Crippen LogP contribution in [0.1, 0.15) is 24.3 Å². The van der Waals surface area contributed by atoms with Gasteiger partial charge in [0.15, 0.2) is 9.84 Å². The molecule has 1 heterocycles. The lowest BCUT2D eigenvalue weighted by atomic mass is 9.96. The van der Waals surface area contributed by atoms with Crippen LogP contribution in [-0.2, 0) is 9.84 Å². The lowest BCUT2D eigenvalue weighted by molar-refractivity contribution is 0.586. The molecule has 0 aliphatic carbocycles. The van der Waals surface area contributed by atoms with E-state index in [2.05, 4.69) is 21.2 Å². The zero-order valence-electron chi connectivity index (χ0n) is 9.74. The molecule has 0 radical (unpaired) electrons. The molecule has 1 atom stereocenters. The van der Waals surface area contributed by atoms with Crippen molar-refractivity contribution in [2.45, 2.75) is 23.7 Å². The number of halogens is 1. The average molecular weight is 318 g/mol. The summed E-state index contributed by atoms with van der Waals surface area (Å²) in [6, 6.07) is 5.46. The van der Waals surface area contributed by atoms with Crippen molar-refractivity contribution in [2.75, 3.05) is 19.3 Å². The fourth-order valence-corrected chi connectivity index (χ4v) is 4.62. The van der Waals surface area contributed by atoms with Crippen LogP contribution in [0.15, 0.2) is 27.6 Å². The molecule has 0 aromatic heterocycles. The van der Waals surface area contributed by atoms with E-state index < -0.39 is 9.84 Å². The van der Waals surface area contributed by atoms with E-state index in [0.29, 0.717) is 4.90 Å². The monoisotopic (exact) mass is 317 g/mol. The molecule has 1 aromatic rings. The third kappa shape index (κ3) is 2.72. The number of sulfone groups is 1. The number of nitrogens with one attached hydrogen (secondary N) is 1. The highest BCUT2D eigenvalue weighted by molar-refractivity contribution is 9.10. The van der Waals surface area contributed by atoms with Crippen molar-refractivity contribution in [3.63, 3.8) is 0 Å². The first kappa shape index (κ1) is 13.1. The minimum Gasteiger partial charge on any atom is -0.320 e. The summed E-state index contributed by atoms with van der Waals surface area (Å²) in [5, 5.41) is 3.09. The Morgan fingerprint density at radius 1 is 1.47 bits per heavy atom. The molecule has 1 unspecified atom stereocenters. The fourth-order valence-electron chi connectivity index (χ4n) is 2.33. The van der Waals surface area contributed by atoms with E-state index >= 15 is 0 Å². The van der Waals surface area contributed by atoms with Crippen molar-refractivity contribution in [1.82, 2.24) is 5.32 Å². The third-order valence-electron chi connectivity index (χ3n) is 3.15. The normalized spacial score (nSPS) is 21.4. The molecule has 94 valence electrons. The number of benzene rings is 1. The van der Waals surface area contributed by atoms with E-state index in [9.17, 15) is 8.42 Å². The number of fused-ring (bicyclic) bond motifs is 1. The van der Waals surface area contributed by atoms with Crippen LogP contribution in [0, 0.1) is 0 Å². The second-order valence-electron chi connectivity index (χ2n) is 4.41. The smallest absolute Gasteiger partial charge is 0.179 e. The van der Waals surface area contributed by atoms with Gasteiger partial charge in [-0.3, -0.25) is 0 Å². The highest BCUT2D eigenvalue weighted by Gasteiger charge is 2.34. The minimum atomic E-state index is -3.05. The molecule has 0 saturated heterocycles.